The summed E-state index contributed by atoms with van der Waals surface area (Å²) in [6.45, 7) is 3.40. The highest BCUT2D eigenvalue weighted by Gasteiger charge is 2.25. The van der Waals surface area contributed by atoms with Gasteiger partial charge in [-0.15, -0.1) is 11.3 Å². The van der Waals surface area contributed by atoms with Crippen molar-refractivity contribution in [3.05, 3.63) is 50.1 Å². The molecule has 0 aliphatic carbocycles. The first kappa shape index (κ1) is 21.9. The molecule has 1 fully saturated rings. The van der Waals surface area contributed by atoms with E-state index in [1.807, 2.05) is 17.0 Å². The van der Waals surface area contributed by atoms with E-state index in [2.05, 4.69) is 11.9 Å². The van der Waals surface area contributed by atoms with E-state index in [4.69, 9.17) is 16.6 Å². The third-order valence-electron chi connectivity index (χ3n) is 6.13. The maximum Gasteiger partial charge on any atom is 0.267 e. The molecule has 0 spiro atoms. The quantitative estimate of drug-likeness (QED) is 0.407. The van der Waals surface area contributed by atoms with Gasteiger partial charge >= 0.3 is 0 Å². The molecule has 0 unspecified atom stereocenters. The van der Waals surface area contributed by atoms with Gasteiger partial charge in [-0.3, -0.25) is 14.2 Å². The fourth-order valence-corrected chi connectivity index (χ4v) is 6.89. The summed E-state index contributed by atoms with van der Waals surface area (Å²) in [5, 5.41) is 1.82. The predicted molar refractivity (Wildman–Crippen MR) is 131 cm³/mol. The number of amides is 1. The maximum absolute atomic E-state index is 13.8. The molecule has 1 saturated heterocycles. The van der Waals surface area contributed by atoms with Crippen LogP contribution in [0.4, 0.5) is 0 Å². The number of likely N-dealkylation sites (tertiary alicyclic amines) is 1. The van der Waals surface area contributed by atoms with Crippen LogP contribution in [-0.2, 0) is 17.8 Å². The monoisotopic (exact) mass is 488 g/mol. The van der Waals surface area contributed by atoms with Gasteiger partial charge in [-0.1, -0.05) is 29.4 Å². The lowest BCUT2D eigenvalue weighted by molar-refractivity contribution is -0.129. The van der Waals surface area contributed by atoms with Crippen molar-refractivity contribution >= 4 is 50.8 Å². The summed E-state index contributed by atoms with van der Waals surface area (Å²) in [6, 6.07) is 7.26. The summed E-state index contributed by atoms with van der Waals surface area (Å²) in [5.41, 5.74) is 1.72. The van der Waals surface area contributed by atoms with Crippen LogP contribution in [0.5, 0.6) is 0 Å². The Kier molecular flexibility index (Phi) is 6.29. The van der Waals surface area contributed by atoms with Crippen molar-refractivity contribution in [2.24, 2.45) is 0 Å². The summed E-state index contributed by atoms with van der Waals surface area (Å²) in [4.78, 5) is 37.6. The van der Waals surface area contributed by atoms with Gasteiger partial charge in [0.05, 0.1) is 16.8 Å². The summed E-state index contributed by atoms with van der Waals surface area (Å²) in [6.07, 6.45) is 4.14. The summed E-state index contributed by atoms with van der Waals surface area (Å²) < 4.78 is 1.63. The van der Waals surface area contributed by atoms with E-state index in [1.165, 1.54) is 23.1 Å². The van der Waals surface area contributed by atoms with Gasteiger partial charge in [-0.2, -0.15) is 0 Å². The minimum absolute atomic E-state index is 0.0766. The topological polar surface area (TPSA) is 58.4 Å². The molecule has 0 bridgehead atoms. The molecule has 0 atom stereocenters. The smallest absolute Gasteiger partial charge is 0.267 e. The second-order valence-corrected chi connectivity index (χ2v) is 10.9. The van der Waals surface area contributed by atoms with E-state index in [-0.39, 0.29) is 17.2 Å². The van der Waals surface area contributed by atoms with Crippen LogP contribution in [0.25, 0.3) is 15.9 Å². The van der Waals surface area contributed by atoms with Crippen LogP contribution in [0.1, 0.15) is 29.7 Å². The number of aromatic nitrogens is 2. The molecule has 3 aromatic rings. The van der Waals surface area contributed by atoms with Crippen molar-refractivity contribution < 1.29 is 4.79 Å². The average molecular weight is 489 g/mol. The van der Waals surface area contributed by atoms with Crippen LogP contribution in [0, 0.1) is 0 Å². The molecule has 168 valence electrons. The van der Waals surface area contributed by atoms with Crippen molar-refractivity contribution in [1.29, 1.82) is 0 Å². The lowest BCUT2D eigenvalue weighted by Gasteiger charge is -2.26. The minimum atomic E-state index is -0.0766. The van der Waals surface area contributed by atoms with Crippen molar-refractivity contribution in [3.63, 3.8) is 0 Å². The average Bonchev–Trinajstić information content (AvgIpc) is 3.15. The summed E-state index contributed by atoms with van der Waals surface area (Å²) in [5.74, 6) is 0.376. The Hall–Kier alpha value is -1.87. The third kappa shape index (κ3) is 4.21. The molecule has 1 aromatic carbocycles. The van der Waals surface area contributed by atoms with Gasteiger partial charge in [0.15, 0.2) is 5.16 Å². The third-order valence-corrected chi connectivity index (χ3v) is 8.40. The molecule has 0 radical (unpaired) electrons. The summed E-state index contributed by atoms with van der Waals surface area (Å²) >= 11 is 9.19. The van der Waals surface area contributed by atoms with E-state index < -0.39 is 0 Å². The molecular formula is C23H25ClN4O2S2. The SMILES string of the molecule is CN1CCc2c(sc3nc(SCC(=O)N4CCCCC4)n(-c4cccc(Cl)c4)c(=O)c23)C1. The van der Waals surface area contributed by atoms with Crippen LogP contribution in [-0.4, -0.2) is 57.7 Å². The molecular weight excluding hydrogens is 464 g/mol. The second-order valence-electron chi connectivity index (χ2n) is 8.42. The Labute approximate surface area is 200 Å². The molecule has 2 aliphatic heterocycles. The number of thioether (sulfide) groups is 1. The number of rotatable bonds is 4. The molecule has 6 nitrogen and oxygen atoms in total. The Morgan fingerprint density at radius 3 is 2.81 bits per heavy atom. The van der Waals surface area contributed by atoms with Crippen LogP contribution < -0.4 is 5.56 Å². The number of carbonyl (C=O) groups is 1. The number of carbonyl (C=O) groups excluding carboxylic acids is 1. The van der Waals surface area contributed by atoms with Gasteiger partial charge in [0.2, 0.25) is 5.91 Å². The van der Waals surface area contributed by atoms with E-state index in [1.54, 1.807) is 28.0 Å². The largest absolute Gasteiger partial charge is 0.342 e. The lowest BCUT2D eigenvalue weighted by atomic mass is 10.1. The molecule has 2 aliphatic rings. The van der Waals surface area contributed by atoms with Gasteiger partial charge in [-0.05, 0) is 56.5 Å². The normalized spacial score (nSPS) is 17.0. The van der Waals surface area contributed by atoms with Crippen LogP contribution >= 0.6 is 34.7 Å². The number of hydrogen-bond donors (Lipinski definition) is 0. The first-order chi connectivity index (χ1) is 15.5. The van der Waals surface area contributed by atoms with Gasteiger partial charge < -0.3 is 9.80 Å². The van der Waals surface area contributed by atoms with Crippen LogP contribution in [0.15, 0.2) is 34.2 Å². The first-order valence-corrected chi connectivity index (χ1v) is 13.1. The van der Waals surface area contributed by atoms with Gasteiger partial charge in [0.25, 0.3) is 5.56 Å². The number of halogens is 1. The Balaban J connectivity index is 1.58. The maximum atomic E-state index is 13.8. The molecule has 2 aromatic heterocycles. The molecule has 9 heteroatoms. The Morgan fingerprint density at radius 2 is 2.03 bits per heavy atom. The molecule has 5 rings (SSSR count). The van der Waals surface area contributed by atoms with Crippen molar-refractivity contribution in [3.8, 4) is 5.69 Å². The fraction of sp³-hybridized carbons (Fsp3) is 0.435. The molecule has 0 saturated carbocycles. The number of nitrogens with zero attached hydrogens (tertiary/aromatic N) is 4. The van der Waals surface area contributed by atoms with Crippen molar-refractivity contribution in [2.75, 3.05) is 32.4 Å². The molecule has 32 heavy (non-hydrogen) atoms. The highest BCUT2D eigenvalue weighted by Crippen LogP contribution is 2.34. The lowest BCUT2D eigenvalue weighted by Crippen LogP contribution is -2.36. The number of piperidine rings is 1. The zero-order chi connectivity index (χ0) is 22.2. The number of fused-ring (bicyclic) bond motifs is 3. The number of thiophene rings is 1. The van der Waals surface area contributed by atoms with E-state index in [9.17, 15) is 9.59 Å². The predicted octanol–water partition coefficient (Wildman–Crippen LogP) is 4.19. The molecule has 1 amide bonds. The highest BCUT2D eigenvalue weighted by molar-refractivity contribution is 7.99. The zero-order valence-electron chi connectivity index (χ0n) is 18.0. The van der Waals surface area contributed by atoms with E-state index in [0.29, 0.717) is 21.3 Å². The number of likely N-dealkylation sites (N-methyl/N-ethyl adjacent to an activating group) is 1. The Morgan fingerprint density at radius 1 is 1.22 bits per heavy atom. The molecule has 4 heterocycles. The van der Waals surface area contributed by atoms with E-state index in [0.717, 1.165) is 55.8 Å². The minimum Gasteiger partial charge on any atom is -0.342 e. The highest BCUT2D eigenvalue weighted by atomic mass is 35.5. The first-order valence-electron chi connectivity index (χ1n) is 10.9. The summed E-state index contributed by atoms with van der Waals surface area (Å²) in [7, 11) is 2.10. The van der Waals surface area contributed by atoms with Gasteiger partial charge in [0, 0.05) is 36.1 Å². The second kappa shape index (κ2) is 9.17. The van der Waals surface area contributed by atoms with Crippen molar-refractivity contribution in [1.82, 2.24) is 19.4 Å². The standard InChI is InChI=1S/C23H25ClN4O2S2/c1-26-11-8-17-18(13-26)32-21-20(17)22(30)28(16-7-5-6-15(24)12-16)23(25-21)31-14-19(29)27-9-3-2-4-10-27/h5-7,12H,2-4,8-11,13-14H2,1H3. The van der Waals surface area contributed by atoms with Gasteiger partial charge in [0.1, 0.15) is 4.83 Å². The van der Waals surface area contributed by atoms with Crippen LogP contribution in [0.2, 0.25) is 5.02 Å². The fourth-order valence-electron chi connectivity index (χ4n) is 4.45. The zero-order valence-corrected chi connectivity index (χ0v) is 20.4. The number of benzene rings is 1. The number of hydrogen-bond acceptors (Lipinski definition) is 6. The van der Waals surface area contributed by atoms with Crippen LogP contribution in [0.3, 0.4) is 0 Å². The molecule has 0 N–H and O–H groups in total. The Bertz CT molecular complexity index is 1230. The van der Waals surface area contributed by atoms with Gasteiger partial charge in [-0.25, -0.2) is 4.98 Å². The van der Waals surface area contributed by atoms with E-state index >= 15 is 0 Å². The van der Waals surface area contributed by atoms with Crippen molar-refractivity contribution in [2.45, 2.75) is 37.4 Å².